The van der Waals surface area contributed by atoms with Gasteiger partial charge < -0.3 is 14.2 Å². The Morgan fingerprint density at radius 1 is 1.04 bits per heavy atom. The normalized spacial score (nSPS) is 10.8. The molecule has 0 radical (unpaired) electrons. The van der Waals surface area contributed by atoms with Gasteiger partial charge in [-0.1, -0.05) is 12.1 Å². The number of benzene rings is 2. The van der Waals surface area contributed by atoms with Crippen molar-refractivity contribution >= 4 is 12.1 Å². The van der Waals surface area contributed by atoms with Gasteiger partial charge in [-0.25, -0.2) is 5.43 Å². The molecule has 0 saturated heterocycles. The van der Waals surface area contributed by atoms with Gasteiger partial charge in [-0.2, -0.15) is 5.10 Å². The van der Waals surface area contributed by atoms with Gasteiger partial charge in [-0.15, -0.1) is 0 Å². The third-order valence-electron chi connectivity index (χ3n) is 3.28. The van der Waals surface area contributed by atoms with Crippen molar-refractivity contribution in [1.29, 1.82) is 0 Å². The molecule has 25 heavy (non-hydrogen) atoms. The molecule has 0 fully saturated rings. The number of hydrazone groups is 1. The second-order valence-corrected chi connectivity index (χ2v) is 5.48. The van der Waals surface area contributed by atoms with Gasteiger partial charge >= 0.3 is 0 Å². The predicted molar refractivity (Wildman–Crippen MR) is 96.8 cm³/mol. The molecule has 0 atom stereocenters. The SMILES string of the molecule is COc1ccc(/C=N\NC(=O)c2ccccc2OC(C)C)cc1OC. The molecule has 0 aliphatic heterocycles. The zero-order chi connectivity index (χ0) is 18.2. The maximum Gasteiger partial charge on any atom is 0.275 e. The number of para-hydroxylation sites is 1. The zero-order valence-electron chi connectivity index (χ0n) is 14.8. The topological polar surface area (TPSA) is 69.2 Å². The average molecular weight is 342 g/mol. The first-order chi connectivity index (χ1) is 12.0. The molecule has 0 aliphatic rings. The van der Waals surface area contributed by atoms with Crippen LogP contribution in [0.15, 0.2) is 47.6 Å². The highest BCUT2D eigenvalue weighted by Crippen LogP contribution is 2.26. The van der Waals surface area contributed by atoms with Gasteiger partial charge in [-0.05, 0) is 49.7 Å². The van der Waals surface area contributed by atoms with Crippen molar-refractivity contribution in [3.8, 4) is 17.2 Å². The number of methoxy groups -OCH3 is 2. The first kappa shape index (κ1) is 18.3. The van der Waals surface area contributed by atoms with Crippen molar-refractivity contribution < 1.29 is 19.0 Å². The van der Waals surface area contributed by atoms with Gasteiger partial charge in [0, 0.05) is 0 Å². The molecule has 0 heterocycles. The highest BCUT2D eigenvalue weighted by atomic mass is 16.5. The summed E-state index contributed by atoms with van der Waals surface area (Å²) in [5, 5.41) is 3.99. The Kier molecular flexibility index (Phi) is 6.39. The summed E-state index contributed by atoms with van der Waals surface area (Å²) >= 11 is 0. The van der Waals surface area contributed by atoms with Gasteiger partial charge in [-0.3, -0.25) is 4.79 Å². The number of nitrogens with zero attached hydrogens (tertiary/aromatic N) is 1. The summed E-state index contributed by atoms with van der Waals surface area (Å²) in [5.74, 6) is 1.40. The number of hydrogen-bond donors (Lipinski definition) is 1. The molecule has 0 aromatic heterocycles. The van der Waals surface area contributed by atoms with E-state index in [0.29, 0.717) is 22.8 Å². The van der Waals surface area contributed by atoms with Crippen LogP contribution in [0.4, 0.5) is 0 Å². The Labute approximate surface area is 147 Å². The smallest absolute Gasteiger partial charge is 0.275 e. The van der Waals surface area contributed by atoms with E-state index >= 15 is 0 Å². The lowest BCUT2D eigenvalue weighted by Gasteiger charge is -2.12. The second kappa shape index (κ2) is 8.73. The van der Waals surface area contributed by atoms with Crippen LogP contribution < -0.4 is 19.6 Å². The summed E-state index contributed by atoms with van der Waals surface area (Å²) in [4.78, 5) is 12.3. The average Bonchev–Trinajstić information content (AvgIpc) is 2.61. The Balaban J connectivity index is 2.08. The summed E-state index contributed by atoms with van der Waals surface area (Å²) in [5.41, 5.74) is 3.70. The van der Waals surface area contributed by atoms with E-state index in [1.807, 2.05) is 26.0 Å². The third kappa shape index (κ3) is 4.97. The Morgan fingerprint density at radius 2 is 1.76 bits per heavy atom. The van der Waals surface area contributed by atoms with Gasteiger partial charge in [0.1, 0.15) is 5.75 Å². The predicted octanol–water partition coefficient (Wildman–Crippen LogP) is 3.25. The van der Waals surface area contributed by atoms with Crippen LogP contribution in [0.2, 0.25) is 0 Å². The number of rotatable bonds is 7. The fourth-order valence-corrected chi connectivity index (χ4v) is 2.17. The van der Waals surface area contributed by atoms with Crippen molar-refractivity contribution in [2.45, 2.75) is 20.0 Å². The molecule has 2 aromatic carbocycles. The van der Waals surface area contributed by atoms with Gasteiger partial charge in [0.05, 0.1) is 32.1 Å². The molecule has 1 amide bonds. The molecule has 1 N–H and O–H groups in total. The number of ether oxygens (including phenoxy) is 3. The zero-order valence-corrected chi connectivity index (χ0v) is 14.8. The number of carbonyl (C=O) groups is 1. The minimum atomic E-state index is -0.340. The quantitative estimate of drug-likeness (QED) is 0.619. The fourth-order valence-electron chi connectivity index (χ4n) is 2.17. The van der Waals surface area contributed by atoms with Crippen LogP contribution in [0.3, 0.4) is 0 Å². The van der Waals surface area contributed by atoms with E-state index in [2.05, 4.69) is 10.5 Å². The fraction of sp³-hybridized carbons (Fsp3) is 0.263. The molecule has 0 spiro atoms. The van der Waals surface area contributed by atoms with E-state index in [1.165, 1.54) is 6.21 Å². The maximum absolute atomic E-state index is 12.3. The van der Waals surface area contributed by atoms with Crippen molar-refractivity contribution in [1.82, 2.24) is 5.43 Å². The largest absolute Gasteiger partial charge is 0.493 e. The van der Waals surface area contributed by atoms with E-state index in [-0.39, 0.29) is 12.0 Å². The first-order valence-electron chi connectivity index (χ1n) is 7.86. The molecule has 0 aliphatic carbocycles. The van der Waals surface area contributed by atoms with Crippen molar-refractivity contribution in [2.75, 3.05) is 14.2 Å². The Bertz CT molecular complexity index is 757. The first-order valence-corrected chi connectivity index (χ1v) is 7.86. The maximum atomic E-state index is 12.3. The Morgan fingerprint density at radius 3 is 2.44 bits per heavy atom. The molecule has 6 heteroatoms. The van der Waals surface area contributed by atoms with Crippen molar-refractivity contribution in [3.05, 3.63) is 53.6 Å². The monoisotopic (exact) mass is 342 g/mol. The minimum Gasteiger partial charge on any atom is -0.493 e. The summed E-state index contributed by atoms with van der Waals surface area (Å²) in [6.07, 6.45) is 1.51. The number of hydrogen-bond acceptors (Lipinski definition) is 5. The highest BCUT2D eigenvalue weighted by Gasteiger charge is 2.12. The van der Waals surface area contributed by atoms with Crippen LogP contribution in [-0.2, 0) is 0 Å². The molecule has 2 rings (SSSR count). The van der Waals surface area contributed by atoms with Gasteiger partial charge in [0.2, 0.25) is 0 Å². The molecular weight excluding hydrogens is 320 g/mol. The summed E-state index contributed by atoms with van der Waals surface area (Å²) in [7, 11) is 3.13. The molecule has 0 bridgehead atoms. The number of amides is 1. The molecule has 132 valence electrons. The van der Waals surface area contributed by atoms with Crippen LogP contribution in [0, 0.1) is 0 Å². The van der Waals surface area contributed by atoms with E-state index in [9.17, 15) is 4.79 Å². The third-order valence-corrected chi connectivity index (χ3v) is 3.28. The number of carbonyl (C=O) groups excluding carboxylic acids is 1. The lowest BCUT2D eigenvalue weighted by atomic mass is 10.2. The molecule has 0 unspecified atom stereocenters. The van der Waals surface area contributed by atoms with Crippen molar-refractivity contribution in [3.63, 3.8) is 0 Å². The van der Waals surface area contributed by atoms with Crippen molar-refractivity contribution in [2.24, 2.45) is 5.10 Å². The second-order valence-electron chi connectivity index (χ2n) is 5.48. The molecule has 2 aromatic rings. The number of nitrogens with one attached hydrogen (secondary N) is 1. The van der Waals surface area contributed by atoms with E-state index in [1.54, 1.807) is 44.6 Å². The van der Waals surface area contributed by atoms with E-state index in [0.717, 1.165) is 5.56 Å². The van der Waals surface area contributed by atoms with E-state index < -0.39 is 0 Å². The summed E-state index contributed by atoms with van der Waals surface area (Å²) < 4.78 is 16.1. The molecule has 6 nitrogen and oxygen atoms in total. The standard InChI is InChI=1S/C19H22N2O4/c1-13(2)25-16-8-6-5-7-15(16)19(22)21-20-12-14-9-10-17(23-3)18(11-14)24-4/h5-13H,1-4H3,(H,21,22)/b20-12-. The van der Waals surface area contributed by atoms with Crippen LogP contribution in [0.5, 0.6) is 17.2 Å². The minimum absolute atomic E-state index is 0.0239. The lowest BCUT2D eigenvalue weighted by molar-refractivity contribution is 0.0949. The lowest BCUT2D eigenvalue weighted by Crippen LogP contribution is -2.19. The summed E-state index contributed by atoms with van der Waals surface area (Å²) in [6.45, 7) is 3.81. The highest BCUT2D eigenvalue weighted by molar-refractivity contribution is 5.97. The van der Waals surface area contributed by atoms with Crippen LogP contribution in [-0.4, -0.2) is 32.4 Å². The molecule has 0 saturated carbocycles. The van der Waals surface area contributed by atoms with E-state index in [4.69, 9.17) is 14.2 Å². The Hall–Kier alpha value is -3.02. The van der Waals surface area contributed by atoms with Crippen LogP contribution >= 0.6 is 0 Å². The van der Waals surface area contributed by atoms with Crippen LogP contribution in [0.25, 0.3) is 0 Å². The van der Waals surface area contributed by atoms with Gasteiger partial charge in [0.15, 0.2) is 11.5 Å². The van der Waals surface area contributed by atoms with Crippen LogP contribution in [0.1, 0.15) is 29.8 Å². The summed E-state index contributed by atoms with van der Waals surface area (Å²) in [6, 6.07) is 12.4. The molecular formula is C19H22N2O4. The van der Waals surface area contributed by atoms with Gasteiger partial charge in [0.25, 0.3) is 5.91 Å².